The molecule has 1 aromatic rings. The minimum Gasteiger partial charge on any atom is -0.356 e. The summed E-state index contributed by atoms with van der Waals surface area (Å²) < 4.78 is 0. The first-order valence-electron chi connectivity index (χ1n) is 6.34. The standard InChI is InChI=1S/C14H20Cl2N2O/c1-18(2)9-3-8-17-14(19)7-5-11-4-6-12(15)10-13(11)16/h4,6,10H,3,5,7-9H2,1-2H3,(H,17,19). The highest BCUT2D eigenvalue weighted by Gasteiger charge is 2.05. The Labute approximate surface area is 124 Å². The molecule has 19 heavy (non-hydrogen) atoms. The zero-order valence-corrected chi connectivity index (χ0v) is 12.9. The summed E-state index contributed by atoms with van der Waals surface area (Å²) in [6, 6.07) is 5.36. The molecule has 1 amide bonds. The zero-order chi connectivity index (χ0) is 14.3. The number of halogens is 2. The number of nitrogens with one attached hydrogen (secondary N) is 1. The summed E-state index contributed by atoms with van der Waals surface area (Å²) in [4.78, 5) is 13.7. The number of benzene rings is 1. The third-order valence-electron chi connectivity index (χ3n) is 2.74. The summed E-state index contributed by atoms with van der Waals surface area (Å²) in [7, 11) is 4.04. The van der Waals surface area contributed by atoms with E-state index in [1.54, 1.807) is 12.1 Å². The van der Waals surface area contributed by atoms with E-state index in [0.29, 0.717) is 29.4 Å². The zero-order valence-electron chi connectivity index (χ0n) is 11.4. The van der Waals surface area contributed by atoms with Crippen LogP contribution in [0.25, 0.3) is 0 Å². The van der Waals surface area contributed by atoms with Gasteiger partial charge in [-0.2, -0.15) is 0 Å². The van der Waals surface area contributed by atoms with Crippen LogP contribution in [0.3, 0.4) is 0 Å². The highest BCUT2D eigenvalue weighted by atomic mass is 35.5. The second kappa shape index (κ2) is 8.41. The number of hydrogen-bond donors (Lipinski definition) is 1. The van der Waals surface area contributed by atoms with Crippen LogP contribution in [-0.4, -0.2) is 38.0 Å². The quantitative estimate of drug-likeness (QED) is 0.785. The Morgan fingerprint density at radius 2 is 2.05 bits per heavy atom. The Bertz CT molecular complexity index is 422. The minimum atomic E-state index is 0.0600. The molecule has 0 unspecified atom stereocenters. The van der Waals surface area contributed by atoms with Gasteiger partial charge in [0.15, 0.2) is 0 Å². The first kappa shape index (κ1) is 16.3. The van der Waals surface area contributed by atoms with Gasteiger partial charge in [0.25, 0.3) is 0 Å². The van der Waals surface area contributed by atoms with Crippen molar-refractivity contribution in [3.63, 3.8) is 0 Å². The Morgan fingerprint density at radius 1 is 1.32 bits per heavy atom. The van der Waals surface area contributed by atoms with Crippen molar-refractivity contribution in [1.29, 1.82) is 0 Å². The summed E-state index contributed by atoms with van der Waals surface area (Å²) in [5.74, 6) is 0.0600. The molecule has 3 nitrogen and oxygen atoms in total. The summed E-state index contributed by atoms with van der Waals surface area (Å²) in [5.41, 5.74) is 0.953. The SMILES string of the molecule is CN(C)CCCNC(=O)CCc1ccc(Cl)cc1Cl. The number of rotatable bonds is 7. The molecule has 0 bridgehead atoms. The molecule has 5 heteroatoms. The molecule has 1 N–H and O–H groups in total. The van der Waals surface area contributed by atoms with Crippen LogP contribution in [0.1, 0.15) is 18.4 Å². The van der Waals surface area contributed by atoms with Crippen molar-refractivity contribution in [3.8, 4) is 0 Å². The van der Waals surface area contributed by atoms with E-state index >= 15 is 0 Å². The van der Waals surface area contributed by atoms with Gasteiger partial charge in [0.1, 0.15) is 0 Å². The van der Waals surface area contributed by atoms with Gasteiger partial charge in [-0.25, -0.2) is 0 Å². The number of nitrogens with zero attached hydrogens (tertiary/aromatic N) is 1. The third kappa shape index (κ3) is 6.81. The largest absolute Gasteiger partial charge is 0.356 e. The van der Waals surface area contributed by atoms with E-state index in [1.165, 1.54) is 0 Å². The van der Waals surface area contributed by atoms with E-state index in [1.807, 2.05) is 20.2 Å². The fourth-order valence-corrected chi connectivity index (χ4v) is 2.19. The van der Waals surface area contributed by atoms with Crippen LogP contribution in [0.5, 0.6) is 0 Å². The fraction of sp³-hybridized carbons (Fsp3) is 0.500. The van der Waals surface area contributed by atoms with Gasteiger partial charge in [0.2, 0.25) is 5.91 Å². The molecule has 0 aliphatic carbocycles. The molecular weight excluding hydrogens is 283 g/mol. The average molecular weight is 303 g/mol. The van der Waals surface area contributed by atoms with Crippen molar-refractivity contribution >= 4 is 29.1 Å². The minimum absolute atomic E-state index is 0.0600. The molecule has 0 aromatic heterocycles. The molecule has 0 fully saturated rings. The third-order valence-corrected chi connectivity index (χ3v) is 3.33. The first-order valence-corrected chi connectivity index (χ1v) is 7.10. The van der Waals surface area contributed by atoms with Crippen LogP contribution in [-0.2, 0) is 11.2 Å². The highest BCUT2D eigenvalue weighted by Crippen LogP contribution is 2.21. The van der Waals surface area contributed by atoms with Crippen LogP contribution in [0.15, 0.2) is 18.2 Å². The van der Waals surface area contributed by atoms with E-state index in [-0.39, 0.29) is 5.91 Å². The molecule has 0 aliphatic rings. The van der Waals surface area contributed by atoms with Crippen molar-refractivity contribution in [2.45, 2.75) is 19.3 Å². The number of hydrogen-bond acceptors (Lipinski definition) is 2. The van der Waals surface area contributed by atoms with Crippen LogP contribution >= 0.6 is 23.2 Å². The lowest BCUT2D eigenvalue weighted by Gasteiger charge is -2.10. The van der Waals surface area contributed by atoms with Gasteiger partial charge in [-0.3, -0.25) is 4.79 Å². The summed E-state index contributed by atoms with van der Waals surface area (Å²) in [6.45, 7) is 1.69. The molecule has 0 saturated carbocycles. The molecule has 0 aliphatic heterocycles. The maximum absolute atomic E-state index is 11.6. The first-order chi connectivity index (χ1) is 8.99. The van der Waals surface area contributed by atoms with E-state index in [9.17, 15) is 4.79 Å². The smallest absolute Gasteiger partial charge is 0.220 e. The van der Waals surface area contributed by atoms with Crippen molar-refractivity contribution in [2.75, 3.05) is 27.2 Å². The summed E-state index contributed by atoms with van der Waals surface area (Å²) >= 11 is 11.9. The molecule has 1 rings (SSSR count). The maximum Gasteiger partial charge on any atom is 0.220 e. The van der Waals surface area contributed by atoms with Crippen molar-refractivity contribution in [1.82, 2.24) is 10.2 Å². The van der Waals surface area contributed by atoms with E-state index in [2.05, 4.69) is 10.2 Å². The average Bonchev–Trinajstić information content (AvgIpc) is 2.33. The number of amides is 1. The van der Waals surface area contributed by atoms with Crippen molar-refractivity contribution in [3.05, 3.63) is 33.8 Å². The Morgan fingerprint density at radius 3 is 2.68 bits per heavy atom. The Kier molecular flexibility index (Phi) is 7.21. The van der Waals surface area contributed by atoms with E-state index in [0.717, 1.165) is 18.5 Å². The summed E-state index contributed by atoms with van der Waals surface area (Å²) in [6.07, 6.45) is 2.04. The molecule has 0 saturated heterocycles. The predicted octanol–water partition coefficient (Wildman–Crippen LogP) is 2.99. The van der Waals surface area contributed by atoms with Gasteiger partial charge < -0.3 is 10.2 Å². The second-order valence-corrected chi connectivity index (χ2v) is 5.59. The number of carbonyl (C=O) groups is 1. The van der Waals surface area contributed by atoms with E-state index < -0.39 is 0 Å². The van der Waals surface area contributed by atoms with Crippen LogP contribution in [0, 0.1) is 0 Å². The predicted molar refractivity (Wildman–Crippen MR) is 81.0 cm³/mol. The van der Waals surface area contributed by atoms with Gasteiger partial charge in [-0.15, -0.1) is 0 Å². The number of aryl methyl sites for hydroxylation is 1. The normalized spacial score (nSPS) is 10.8. The Hall–Kier alpha value is -0.770. The highest BCUT2D eigenvalue weighted by molar-refractivity contribution is 6.35. The van der Waals surface area contributed by atoms with Crippen LogP contribution < -0.4 is 5.32 Å². The topological polar surface area (TPSA) is 32.3 Å². The number of carbonyl (C=O) groups excluding carboxylic acids is 1. The fourth-order valence-electron chi connectivity index (χ4n) is 1.68. The summed E-state index contributed by atoms with van der Waals surface area (Å²) in [5, 5.41) is 4.14. The van der Waals surface area contributed by atoms with Gasteiger partial charge in [0, 0.05) is 23.0 Å². The maximum atomic E-state index is 11.6. The monoisotopic (exact) mass is 302 g/mol. The van der Waals surface area contributed by atoms with Gasteiger partial charge >= 0.3 is 0 Å². The molecule has 106 valence electrons. The molecule has 0 spiro atoms. The molecule has 1 aromatic carbocycles. The van der Waals surface area contributed by atoms with E-state index in [4.69, 9.17) is 23.2 Å². The van der Waals surface area contributed by atoms with Crippen LogP contribution in [0.4, 0.5) is 0 Å². The van der Waals surface area contributed by atoms with Gasteiger partial charge in [-0.05, 0) is 51.2 Å². The van der Waals surface area contributed by atoms with Crippen molar-refractivity contribution < 1.29 is 4.79 Å². The second-order valence-electron chi connectivity index (χ2n) is 4.74. The van der Waals surface area contributed by atoms with Crippen molar-refractivity contribution in [2.24, 2.45) is 0 Å². The molecule has 0 heterocycles. The molecule has 0 atom stereocenters. The van der Waals surface area contributed by atoms with Crippen LogP contribution in [0.2, 0.25) is 10.0 Å². The molecular formula is C14H20Cl2N2O. The van der Waals surface area contributed by atoms with Gasteiger partial charge in [-0.1, -0.05) is 29.3 Å². The lowest BCUT2D eigenvalue weighted by molar-refractivity contribution is -0.121. The lowest BCUT2D eigenvalue weighted by atomic mass is 10.1. The lowest BCUT2D eigenvalue weighted by Crippen LogP contribution is -2.27. The molecule has 0 radical (unpaired) electrons. The Balaban J connectivity index is 2.26. The van der Waals surface area contributed by atoms with Gasteiger partial charge in [0.05, 0.1) is 0 Å².